The van der Waals surface area contributed by atoms with Gasteiger partial charge in [0.2, 0.25) is 5.95 Å². The van der Waals surface area contributed by atoms with Gasteiger partial charge >= 0.3 is 0 Å². The van der Waals surface area contributed by atoms with Crippen molar-refractivity contribution in [3.05, 3.63) is 47.7 Å². The minimum Gasteiger partial charge on any atom is -0.373 e. The fraction of sp³-hybridized carbons (Fsp3) is 0.250. The van der Waals surface area contributed by atoms with Crippen molar-refractivity contribution >= 4 is 23.4 Å². The zero-order chi connectivity index (χ0) is 17.8. The normalized spacial score (nSPS) is 11.8. The molecule has 0 amide bonds. The summed E-state index contributed by atoms with van der Waals surface area (Å²) in [6.07, 6.45) is 1.19. The average Bonchev–Trinajstić information content (AvgIpc) is 3.00. The van der Waals surface area contributed by atoms with Crippen molar-refractivity contribution in [1.29, 1.82) is 0 Å². The monoisotopic (exact) mass is 342 g/mol. The Kier molecular flexibility index (Phi) is 4.73. The van der Waals surface area contributed by atoms with Gasteiger partial charge in [0.05, 0.1) is 17.9 Å². The van der Waals surface area contributed by atoms with Crippen molar-refractivity contribution in [2.75, 3.05) is 23.0 Å². The van der Waals surface area contributed by atoms with Crippen LogP contribution >= 0.6 is 0 Å². The zero-order valence-corrected chi connectivity index (χ0v) is 14.1. The summed E-state index contributed by atoms with van der Waals surface area (Å²) in [6, 6.07) is 6.50. The topological polar surface area (TPSA) is 103 Å². The highest BCUT2D eigenvalue weighted by molar-refractivity contribution is 5.56. The van der Waals surface area contributed by atoms with Crippen molar-refractivity contribution < 1.29 is 4.39 Å². The Morgan fingerprint density at radius 2 is 1.92 bits per heavy atom. The molecule has 0 fully saturated rings. The zero-order valence-electron chi connectivity index (χ0n) is 14.1. The fourth-order valence-electron chi connectivity index (χ4n) is 2.24. The lowest BCUT2D eigenvalue weighted by Gasteiger charge is -2.15. The molecule has 0 aliphatic rings. The molecule has 0 aliphatic heterocycles. The molecule has 0 unspecified atom stereocenters. The van der Waals surface area contributed by atoms with E-state index in [2.05, 4.69) is 41.1 Å². The van der Waals surface area contributed by atoms with E-state index in [0.717, 1.165) is 5.69 Å². The maximum Gasteiger partial charge on any atom is 0.232 e. The molecule has 0 bridgehead atoms. The Labute approximate surface area is 144 Å². The Morgan fingerprint density at radius 1 is 1.12 bits per heavy atom. The molecule has 0 spiro atoms. The molecule has 0 radical (unpaired) electrons. The van der Waals surface area contributed by atoms with Crippen LogP contribution in [0.15, 0.2) is 30.5 Å². The van der Waals surface area contributed by atoms with Crippen molar-refractivity contribution in [1.82, 2.24) is 25.1 Å². The third kappa shape index (κ3) is 4.19. The molecule has 0 saturated carbocycles. The van der Waals surface area contributed by atoms with E-state index < -0.39 is 0 Å². The number of hydrogen-bond acceptors (Lipinski definition) is 7. The lowest BCUT2D eigenvalue weighted by molar-refractivity contribution is 0.617. The largest absolute Gasteiger partial charge is 0.373 e. The van der Waals surface area contributed by atoms with Crippen LogP contribution in [-0.2, 0) is 0 Å². The van der Waals surface area contributed by atoms with Crippen LogP contribution in [0.4, 0.5) is 27.8 Å². The summed E-state index contributed by atoms with van der Waals surface area (Å²) in [4.78, 5) is 12.9. The number of H-pyrrole nitrogens is 1. The van der Waals surface area contributed by atoms with Gasteiger partial charge in [-0.1, -0.05) is 0 Å². The lowest BCUT2D eigenvalue weighted by atomic mass is 10.2. The van der Waals surface area contributed by atoms with Crippen molar-refractivity contribution in [2.24, 2.45) is 0 Å². The standard InChI is InChI=1S/C16H19FN8/c1-9-6-15(25-24-9)23-16-21-13(18-3)7-14(22-16)20-10(2)12-5-4-11(17)8-19-12/h4-8,10H,1-3H3,(H4,18,20,21,22,23,24,25)/t10-/m0/s1. The van der Waals surface area contributed by atoms with Crippen LogP contribution in [0, 0.1) is 12.7 Å². The molecule has 25 heavy (non-hydrogen) atoms. The summed E-state index contributed by atoms with van der Waals surface area (Å²) < 4.78 is 13.0. The molecule has 130 valence electrons. The number of hydrogen-bond donors (Lipinski definition) is 4. The van der Waals surface area contributed by atoms with Crippen molar-refractivity contribution in [3.8, 4) is 0 Å². The van der Waals surface area contributed by atoms with Gasteiger partial charge < -0.3 is 16.0 Å². The van der Waals surface area contributed by atoms with Crippen molar-refractivity contribution in [2.45, 2.75) is 19.9 Å². The van der Waals surface area contributed by atoms with Gasteiger partial charge in [-0.3, -0.25) is 10.1 Å². The van der Waals surface area contributed by atoms with Gasteiger partial charge in [-0.15, -0.1) is 0 Å². The summed E-state index contributed by atoms with van der Waals surface area (Å²) in [5.41, 5.74) is 1.64. The van der Waals surface area contributed by atoms with E-state index in [1.54, 1.807) is 19.2 Å². The molecule has 1 atom stereocenters. The van der Waals surface area contributed by atoms with Gasteiger partial charge in [0.15, 0.2) is 5.82 Å². The van der Waals surface area contributed by atoms with E-state index in [1.807, 2.05) is 19.9 Å². The Balaban J connectivity index is 1.80. The Hall–Kier alpha value is -3.23. The number of pyridine rings is 1. The van der Waals surface area contributed by atoms with E-state index in [9.17, 15) is 4.39 Å². The molecule has 4 N–H and O–H groups in total. The first kappa shape index (κ1) is 16.6. The van der Waals surface area contributed by atoms with Crippen LogP contribution in [0.3, 0.4) is 0 Å². The summed E-state index contributed by atoms with van der Waals surface area (Å²) in [5, 5.41) is 16.2. The van der Waals surface area contributed by atoms with E-state index >= 15 is 0 Å². The number of nitrogens with zero attached hydrogens (tertiary/aromatic N) is 4. The van der Waals surface area contributed by atoms with Crippen LogP contribution in [-0.4, -0.2) is 32.2 Å². The van der Waals surface area contributed by atoms with E-state index in [4.69, 9.17) is 0 Å². The first-order chi connectivity index (χ1) is 12.0. The SMILES string of the molecule is CNc1cc(N[C@@H](C)c2ccc(F)cn2)nc(Nc2cc(C)[nH]n2)n1. The molecule has 8 nitrogen and oxygen atoms in total. The average molecular weight is 342 g/mol. The third-order valence-electron chi connectivity index (χ3n) is 3.49. The highest BCUT2D eigenvalue weighted by atomic mass is 19.1. The van der Waals surface area contributed by atoms with Gasteiger partial charge in [-0.25, -0.2) is 4.39 Å². The predicted molar refractivity (Wildman–Crippen MR) is 94.4 cm³/mol. The molecule has 3 aromatic rings. The summed E-state index contributed by atoms with van der Waals surface area (Å²) in [7, 11) is 1.78. The van der Waals surface area contributed by atoms with Crippen LogP contribution in [0.25, 0.3) is 0 Å². The minimum atomic E-state index is -0.365. The Morgan fingerprint density at radius 3 is 2.56 bits per heavy atom. The number of nitrogens with one attached hydrogen (secondary N) is 4. The number of aromatic amines is 1. The minimum absolute atomic E-state index is 0.152. The summed E-state index contributed by atoms with van der Waals surface area (Å²) in [6.45, 7) is 3.83. The molecule has 0 aromatic carbocycles. The molecular formula is C16H19FN8. The summed E-state index contributed by atoms with van der Waals surface area (Å²) in [5.74, 6) is 1.92. The Bertz CT molecular complexity index is 846. The predicted octanol–water partition coefficient (Wildman–Crippen LogP) is 3.00. The van der Waals surface area contributed by atoms with Crippen LogP contribution in [0.2, 0.25) is 0 Å². The summed E-state index contributed by atoms with van der Waals surface area (Å²) >= 11 is 0. The second-order valence-corrected chi connectivity index (χ2v) is 5.54. The molecule has 0 aliphatic carbocycles. The second kappa shape index (κ2) is 7.12. The maximum atomic E-state index is 13.0. The fourth-order valence-corrected chi connectivity index (χ4v) is 2.24. The maximum absolute atomic E-state index is 13.0. The van der Waals surface area contributed by atoms with Crippen molar-refractivity contribution in [3.63, 3.8) is 0 Å². The number of aromatic nitrogens is 5. The van der Waals surface area contributed by atoms with Crippen LogP contribution in [0.1, 0.15) is 24.4 Å². The van der Waals surface area contributed by atoms with Gasteiger partial charge in [-0.2, -0.15) is 15.1 Å². The van der Waals surface area contributed by atoms with E-state index in [-0.39, 0.29) is 11.9 Å². The van der Waals surface area contributed by atoms with Gasteiger partial charge in [0.25, 0.3) is 0 Å². The van der Waals surface area contributed by atoms with Crippen LogP contribution in [0.5, 0.6) is 0 Å². The number of aryl methyl sites for hydroxylation is 1. The number of halogens is 1. The molecule has 9 heteroatoms. The van der Waals surface area contributed by atoms with Gasteiger partial charge in [0, 0.05) is 24.9 Å². The molecular weight excluding hydrogens is 323 g/mol. The molecule has 0 saturated heterocycles. The number of rotatable bonds is 6. The molecule has 3 heterocycles. The molecule has 3 rings (SSSR count). The second-order valence-electron chi connectivity index (χ2n) is 5.54. The van der Waals surface area contributed by atoms with Crippen LogP contribution < -0.4 is 16.0 Å². The highest BCUT2D eigenvalue weighted by Gasteiger charge is 2.11. The quantitative estimate of drug-likeness (QED) is 0.546. The highest BCUT2D eigenvalue weighted by Crippen LogP contribution is 2.21. The van der Waals surface area contributed by atoms with Gasteiger partial charge in [0.1, 0.15) is 17.5 Å². The van der Waals surface area contributed by atoms with E-state index in [0.29, 0.717) is 29.1 Å². The molecule has 3 aromatic heterocycles. The van der Waals surface area contributed by atoms with Gasteiger partial charge in [-0.05, 0) is 26.0 Å². The first-order valence-electron chi connectivity index (χ1n) is 7.77. The third-order valence-corrected chi connectivity index (χ3v) is 3.49. The smallest absolute Gasteiger partial charge is 0.232 e. The number of anilines is 4. The first-order valence-corrected chi connectivity index (χ1v) is 7.77. The van der Waals surface area contributed by atoms with E-state index in [1.165, 1.54) is 12.3 Å². The lowest BCUT2D eigenvalue weighted by Crippen LogP contribution is -2.11.